The van der Waals surface area contributed by atoms with Crippen LogP contribution in [-0.4, -0.2) is 34.8 Å². The van der Waals surface area contributed by atoms with Crippen LogP contribution in [0.15, 0.2) is 0 Å². The van der Waals surface area contributed by atoms with Gasteiger partial charge in [0.2, 0.25) is 5.28 Å². The number of aromatic nitrogens is 2. The normalized spacial score (nSPS) is 23.3. The Balaban J connectivity index is 2.10. The number of rotatable bonds is 3. The van der Waals surface area contributed by atoms with Gasteiger partial charge in [-0.25, -0.2) is 4.98 Å². The molecular weight excluding hydrogens is 240 g/mol. The molecular formula is C11H17ClN4O. The summed E-state index contributed by atoms with van der Waals surface area (Å²) in [5.41, 5.74) is 7.20. The molecule has 17 heavy (non-hydrogen) atoms. The Morgan fingerprint density at radius 1 is 1.47 bits per heavy atom. The maximum absolute atomic E-state index is 9.25. The van der Waals surface area contributed by atoms with E-state index in [1.54, 1.807) is 0 Å². The number of aliphatic hydroxyl groups excluding tert-OH is 1. The number of hydrogen-bond donors (Lipinski definition) is 2. The van der Waals surface area contributed by atoms with Gasteiger partial charge in [0.15, 0.2) is 5.82 Å². The van der Waals surface area contributed by atoms with E-state index in [1.165, 1.54) is 0 Å². The van der Waals surface area contributed by atoms with Gasteiger partial charge < -0.3 is 15.7 Å². The van der Waals surface area contributed by atoms with Crippen molar-refractivity contribution < 1.29 is 5.11 Å². The number of nitrogen functional groups attached to an aromatic ring is 1. The molecule has 0 amide bonds. The molecule has 1 fully saturated rings. The molecule has 0 saturated heterocycles. The Morgan fingerprint density at radius 2 is 2.12 bits per heavy atom. The Bertz CT molecular complexity index is 420. The van der Waals surface area contributed by atoms with E-state index < -0.39 is 0 Å². The van der Waals surface area contributed by atoms with E-state index in [9.17, 15) is 5.11 Å². The molecule has 1 aliphatic rings. The van der Waals surface area contributed by atoms with Crippen LogP contribution >= 0.6 is 11.6 Å². The number of aryl methyl sites for hydroxylation is 1. The van der Waals surface area contributed by atoms with E-state index in [0.717, 1.165) is 19.4 Å². The van der Waals surface area contributed by atoms with Crippen LogP contribution in [0.3, 0.4) is 0 Å². The minimum atomic E-state index is -0.138. The van der Waals surface area contributed by atoms with Gasteiger partial charge in [-0.05, 0) is 37.3 Å². The predicted molar refractivity (Wildman–Crippen MR) is 68.2 cm³/mol. The first kappa shape index (κ1) is 12.4. The first-order chi connectivity index (χ1) is 7.97. The van der Waals surface area contributed by atoms with Gasteiger partial charge in [-0.3, -0.25) is 0 Å². The van der Waals surface area contributed by atoms with Gasteiger partial charge in [-0.15, -0.1) is 0 Å². The third-order valence-electron chi connectivity index (χ3n) is 3.19. The molecule has 2 rings (SSSR count). The summed E-state index contributed by atoms with van der Waals surface area (Å²) in [6.45, 7) is 2.64. The number of hydrogen-bond acceptors (Lipinski definition) is 5. The Labute approximate surface area is 106 Å². The molecule has 0 unspecified atom stereocenters. The largest absolute Gasteiger partial charge is 0.394 e. The van der Waals surface area contributed by atoms with E-state index in [4.69, 9.17) is 17.3 Å². The summed E-state index contributed by atoms with van der Waals surface area (Å²) in [5, 5.41) is 9.47. The van der Waals surface area contributed by atoms with Crippen molar-refractivity contribution in [2.75, 3.05) is 24.2 Å². The molecule has 6 heteroatoms. The highest BCUT2D eigenvalue weighted by molar-refractivity contribution is 6.28. The average molecular weight is 257 g/mol. The number of aliphatic hydroxyl groups is 1. The molecule has 3 N–H and O–H groups in total. The van der Waals surface area contributed by atoms with Crippen LogP contribution in [0.2, 0.25) is 5.28 Å². The highest BCUT2D eigenvalue weighted by Crippen LogP contribution is 2.30. The van der Waals surface area contributed by atoms with E-state index in [-0.39, 0.29) is 11.4 Å². The molecule has 1 aromatic rings. The molecule has 0 spiro atoms. The maximum Gasteiger partial charge on any atom is 0.224 e. The lowest BCUT2D eigenvalue weighted by Gasteiger charge is -2.35. The highest BCUT2D eigenvalue weighted by Gasteiger charge is 2.28. The van der Waals surface area contributed by atoms with Gasteiger partial charge in [-0.1, -0.05) is 0 Å². The summed E-state index contributed by atoms with van der Waals surface area (Å²) < 4.78 is 0. The second-order valence-electron chi connectivity index (χ2n) is 4.69. The van der Waals surface area contributed by atoms with Crippen LogP contribution < -0.4 is 10.6 Å². The van der Waals surface area contributed by atoms with Gasteiger partial charge in [0.05, 0.1) is 17.5 Å². The Morgan fingerprint density at radius 3 is 2.71 bits per heavy atom. The van der Waals surface area contributed by atoms with Crippen molar-refractivity contribution in [1.82, 2.24) is 9.97 Å². The fourth-order valence-electron chi connectivity index (χ4n) is 2.15. The topological polar surface area (TPSA) is 75.3 Å². The molecule has 0 aromatic carbocycles. The first-order valence-electron chi connectivity index (χ1n) is 5.66. The summed E-state index contributed by atoms with van der Waals surface area (Å²) in [4.78, 5) is 10.1. The zero-order valence-corrected chi connectivity index (χ0v) is 10.8. The van der Waals surface area contributed by atoms with E-state index in [2.05, 4.69) is 9.97 Å². The van der Waals surface area contributed by atoms with Gasteiger partial charge in [0.1, 0.15) is 0 Å². The zero-order valence-electron chi connectivity index (χ0n) is 10.0. The van der Waals surface area contributed by atoms with Crippen LogP contribution in [-0.2, 0) is 0 Å². The molecule has 0 radical (unpaired) electrons. The summed E-state index contributed by atoms with van der Waals surface area (Å²) >= 11 is 5.83. The van der Waals surface area contributed by atoms with E-state index >= 15 is 0 Å². The molecule has 94 valence electrons. The van der Waals surface area contributed by atoms with Crippen molar-refractivity contribution in [3.05, 3.63) is 11.0 Å². The number of nitrogens with two attached hydrogens (primary N) is 1. The standard InChI is InChI=1S/C11H17ClN4O/c1-6-9(13)10(15-11(12)14-6)16(2)5-7-3-8(17)4-7/h7-8,17H,3-5,13H2,1-2H3. The van der Waals surface area contributed by atoms with Gasteiger partial charge >= 0.3 is 0 Å². The summed E-state index contributed by atoms with van der Waals surface area (Å²) in [6.07, 6.45) is 1.56. The SMILES string of the molecule is Cc1nc(Cl)nc(N(C)CC2CC(O)C2)c1N. The lowest BCUT2D eigenvalue weighted by molar-refractivity contribution is 0.0464. The summed E-state index contributed by atoms with van der Waals surface area (Å²) in [7, 11) is 1.93. The third kappa shape index (κ3) is 2.61. The monoisotopic (exact) mass is 256 g/mol. The summed E-state index contributed by atoms with van der Waals surface area (Å²) in [6, 6.07) is 0. The Hall–Kier alpha value is -1.07. The van der Waals surface area contributed by atoms with Crippen LogP contribution in [0.5, 0.6) is 0 Å². The quantitative estimate of drug-likeness (QED) is 0.796. The molecule has 1 aromatic heterocycles. The first-order valence-corrected chi connectivity index (χ1v) is 6.04. The van der Waals surface area contributed by atoms with Crippen LogP contribution in [0, 0.1) is 12.8 Å². The molecule has 1 saturated carbocycles. The minimum Gasteiger partial charge on any atom is -0.394 e. The fraction of sp³-hybridized carbons (Fsp3) is 0.636. The molecule has 1 aliphatic carbocycles. The van der Waals surface area contributed by atoms with Gasteiger partial charge in [0, 0.05) is 13.6 Å². The molecule has 1 heterocycles. The van der Waals surface area contributed by atoms with Crippen molar-refractivity contribution in [3.8, 4) is 0 Å². The Kier molecular flexibility index (Phi) is 3.40. The van der Waals surface area contributed by atoms with Crippen molar-refractivity contribution in [2.24, 2.45) is 5.92 Å². The maximum atomic E-state index is 9.25. The van der Waals surface area contributed by atoms with Crippen molar-refractivity contribution in [1.29, 1.82) is 0 Å². The molecule has 0 bridgehead atoms. The number of nitrogens with zero attached hydrogens (tertiary/aromatic N) is 3. The van der Waals surface area contributed by atoms with Crippen molar-refractivity contribution >= 4 is 23.1 Å². The zero-order chi connectivity index (χ0) is 12.6. The number of anilines is 2. The van der Waals surface area contributed by atoms with E-state index in [1.807, 2.05) is 18.9 Å². The second-order valence-corrected chi connectivity index (χ2v) is 5.03. The smallest absolute Gasteiger partial charge is 0.224 e. The predicted octanol–water partition coefficient (Wildman–Crippen LogP) is 1.23. The van der Waals surface area contributed by atoms with Gasteiger partial charge in [-0.2, -0.15) is 4.98 Å². The van der Waals surface area contributed by atoms with Crippen molar-refractivity contribution in [3.63, 3.8) is 0 Å². The van der Waals surface area contributed by atoms with E-state index in [0.29, 0.717) is 23.1 Å². The minimum absolute atomic E-state index is 0.138. The van der Waals surface area contributed by atoms with Gasteiger partial charge in [0.25, 0.3) is 0 Å². The van der Waals surface area contributed by atoms with Crippen LogP contribution in [0.4, 0.5) is 11.5 Å². The lowest BCUT2D eigenvalue weighted by atomic mass is 9.82. The fourth-order valence-corrected chi connectivity index (χ4v) is 2.35. The molecule has 0 atom stereocenters. The molecule has 5 nitrogen and oxygen atoms in total. The average Bonchev–Trinajstić information content (AvgIpc) is 2.21. The van der Waals surface area contributed by atoms with Crippen molar-refractivity contribution in [2.45, 2.75) is 25.9 Å². The second kappa shape index (κ2) is 4.66. The van der Waals surface area contributed by atoms with Crippen LogP contribution in [0.1, 0.15) is 18.5 Å². The summed E-state index contributed by atoms with van der Waals surface area (Å²) in [5.74, 6) is 1.17. The molecule has 0 aliphatic heterocycles. The third-order valence-corrected chi connectivity index (χ3v) is 3.36. The number of halogens is 1. The van der Waals surface area contributed by atoms with Crippen LogP contribution in [0.25, 0.3) is 0 Å². The highest BCUT2D eigenvalue weighted by atomic mass is 35.5. The lowest BCUT2D eigenvalue weighted by Crippen LogP contribution is -2.37.